The molecule has 0 bridgehead atoms. The van der Waals surface area contributed by atoms with E-state index >= 15 is 0 Å². The van der Waals surface area contributed by atoms with Crippen molar-refractivity contribution in [1.82, 2.24) is 9.88 Å². The molecule has 1 aromatic carbocycles. The Bertz CT molecular complexity index is 1490. The minimum atomic E-state index is -0.407. The van der Waals surface area contributed by atoms with Crippen molar-refractivity contribution in [1.29, 1.82) is 0 Å². The highest BCUT2D eigenvalue weighted by Gasteiger charge is 2.33. The molecule has 0 saturated carbocycles. The molecule has 0 radical (unpaired) electrons. The lowest BCUT2D eigenvalue weighted by atomic mass is 9.72. The first-order chi connectivity index (χ1) is 18.2. The van der Waals surface area contributed by atoms with E-state index in [1.165, 1.54) is 17.0 Å². The van der Waals surface area contributed by atoms with Crippen LogP contribution in [0.5, 0.6) is 0 Å². The maximum absolute atomic E-state index is 13.4. The van der Waals surface area contributed by atoms with E-state index in [0.717, 1.165) is 30.5 Å². The highest BCUT2D eigenvalue weighted by molar-refractivity contribution is 7.16. The topological polar surface area (TPSA) is 103 Å². The van der Waals surface area contributed by atoms with Crippen molar-refractivity contribution >= 4 is 34.1 Å². The summed E-state index contributed by atoms with van der Waals surface area (Å²) in [6, 6.07) is 13.9. The van der Waals surface area contributed by atoms with Gasteiger partial charge in [0, 0.05) is 23.2 Å². The summed E-state index contributed by atoms with van der Waals surface area (Å²) in [6.07, 6.45) is 7.96. The first-order valence-electron chi connectivity index (χ1n) is 12.6. The van der Waals surface area contributed by atoms with Crippen molar-refractivity contribution < 1.29 is 14.1 Å². The number of aromatic nitrogens is 1. The van der Waals surface area contributed by atoms with Gasteiger partial charge in [-0.05, 0) is 66.5 Å². The standard InChI is InChI=1S/C29H30N4O4S/c1-29(2,3)19-11-12-24-25(15-19)38-28(26(24)27(34)30-18-23-10-6-14-37-23)31-17-22-9-5-13-32(22)20-7-4-8-21(16-20)33(35)36/h4-10,13-14,16-17,19H,11-12,15,18H2,1-3H3,(H,30,34)/t19-/m0/s1. The number of nitrogens with one attached hydrogen (secondary N) is 1. The zero-order valence-corrected chi connectivity index (χ0v) is 22.5. The van der Waals surface area contributed by atoms with Crippen molar-refractivity contribution in [3.63, 3.8) is 0 Å². The Morgan fingerprint density at radius 3 is 2.84 bits per heavy atom. The molecule has 0 aliphatic heterocycles. The summed E-state index contributed by atoms with van der Waals surface area (Å²) < 4.78 is 7.23. The molecular weight excluding hydrogens is 500 g/mol. The number of carbonyl (C=O) groups is 1. The summed E-state index contributed by atoms with van der Waals surface area (Å²) in [5.41, 5.74) is 3.36. The zero-order chi connectivity index (χ0) is 26.9. The van der Waals surface area contributed by atoms with Crippen LogP contribution in [0, 0.1) is 21.4 Å². The largest absolute Gasteiger partial charge is 0.467 e. The van der Waals surface area contributed by atoms with Crippen LogP contribution < -0.4 is 5.32 Å². The number of fused-ring (bicyclic) bond motifs is 1. The molecule has 3 aromatic heterocycles. The Balaban J connectivity index is 1.48. The minimum absolute atomic E-state index is 0.0222. The minimum Gasteiger partial charge on any atom is -0.467 e. The Morgan fingerprint density at radius 1 is 1.26 bits per heavy atom. The summed E-state index contributed by atoms with van der Waals surface area (Å²) in [4.78, 5) is 30.3. The highest BCUT2D eigenvalue weighted by Crippen LogP contribution is 2.45. The first kappa shape index (κ1) is 25.7. The lowest BCUT2D eigenvalue weighted by molar-refractivity contribution is -0.384. The van der Waals surface area contributed by atoms with E-state index in [1.807, 2.05) is 35.0 Å². The molecule has 0 unspecified atom stereocenters. The average molecular weight is 531 g/mol. The quantitative estimate of drug-likeness (QED) is 0.160. The number of furan rings is 1. The summed E-state index contributed by atoms with van der Waals surface area (Å²) in [5.74, 6) is 1.07. The molecule has 1 aliphatic carbocycles. The lowest BCUT2D eigenvalue weighted by Crippen LogP contribution is -2.28. The number of non-ortho nitro benzene ring substituents is 1. The maximum atomic E-state index is 13.4. The third kappa shape index (κ3) is 5.33. The van der Waals surface area contributed by atoms with Gasteiger partial charge in [-0.3, -0.25) is 14.9 Å². The van der Waals surface area contributed by atoms with Gasteiger partial charge in [-0.15, -0.1) is 11.3 Å². The summed E-state index contributed by atoms with van der Waals surface area (Å²) >= 11 is 1.58. The van der Waals surface area contributed by atoms with Gasteiger partial charge in [-0.1, -0.05) is 26.8 Å². The molecule has 0 fully saturated rings. The maximum Gasteiger partial charge on any atom is 0.271 e. The van der Waals surface area contributed by atoms with Crippen LogP contribution in [0.2, 0.25) is 0 Å². The third-order valence-corrected chi connectivity index (χ3v) is 8.28. The fourth-order valence-corrected chi connectivity index (χ4v) is 6.19. The van der Waals surface area contributed by atoms with Crippen LogP contribution in [-0.4, -0.2) is 21.6 Å². The lowest BCUT2D eigenvalue weighted by Gasteiger charge is -2.33. The Kier molecular flexibility index (Phi) is 7.03. The fourth-order valence-electron chi connectivity index (χ4n) is 4.92. The molecule has 1 amide bonds. The predicted molar refractivity (Wildman–Crippen MR) is 149 cm³/mol. The number of hydrogen-bond donors (Lipinski definition) is 1. The number of thiophene rings is 1. The Morgan fingerprint density at radius 2 is 2.11 bits per heavy atom. The summed E-state index contributed by atoms with van der Waals surface area (Å²) in [5, 5.41) is 14.9. The van der Waals surface area contributed by atoms with Crippen molar-refractivity contribution in [2.75, 3.05) is 0 Å². The first-order valence-corrected chi connectivity index (χ1v) is 13.4. The van der Waals surface area contributed by atoms with Gasteiger partial charge in [-0.2, -0.15) is 0 Å². The SMILES string of the molecule is CC(C)(C)[C@H]1CCc2c(sc(N=Cc3cccn3-c3cccc([N+](=O)[O-])c3)c2C(=O)NCc2ccco2)C1. The van der Waals surface area contributed by atoms with Gasteiger partial charge in [-0.25, -0.2) is 4.99 Å². The van der Waals surface area contributed by atoms with Gasteiger partial charge in [0.2, 0.25) is 0 Å². The molecule has 3 heterocycles. The van der Waals surface area contributed by atoms with E-state index in [0.29, 0.717) is 34.5 Å². The second-order valence-electron chi connectivity index (χ2n) is 10.6. The van der Waals surface area contributed by atoms with Crippen molar-refractivity contribution in [3.8, 4) is 5.69 Å². The normalized spacial score (nSPS) is 15.5. The smallest absolute Gasteiger partial charge is 0.271 e. The summed E-state index contributed by atoms with van der Waals surface area (Å²) in [7, 11) is 0. The Hall–Kier alpha value is -3.98. The van der Waals surface area contributed by atoms with Crippen LogP contribution in [0.15, 0.2) is 70.4 Å². The third-order valence-electron chi connectivity index (χ3n) is 7.11. The molecule has 0 saturated heterocycles. The molecule has 4 aromatic rings. The van der Waals surface area contributed by atoms with Crippen molar-refractivity contribution in [2.45, 2.75) is 46.6 Å². The predicted octanol–water partition coefficient (Wildman–Crippen LogP) is 6.87. The molecule has 196 valence electrons. The number of aliphatic imine (C=N–C) groups is 1. The molecule has 5 rings (SSSR count). The monoisotopic (exact) mass is 530 g/mol. The van der Waals surface area contributed by atoms with Crippen LogP contribution in [0.1, 0.15) is 59.4 Å². The van der Waals surface area contributed by atoms with Crippen LogP contribution in [0.25, 0.3) is 5.69 Å². The number of benzene rings is 1. The molecule has 8 nitrogen and oxygen atoms in total. The van der Waals surface area contributed by atoms with E-state index < -0.39 is 4.92 Å². The number of amides is 1. The zero-order valence-electron chi connectivity index (χ0n) is 21.6. The van der Waals surface area contributed by atoms with Crippen LogP contribution >= 0.6 is 11.3 Å². The molecule has 38 heavy (non-hydrogen) atoms. The van der Waals surface area contributed by atoms with Gasteiger partial charge >= 0.3 is 0 Å². The second-order valence-corrected chi connectivity index (χ2v) is 11.7. The van der Waals surface area contributed by atoms with Gasteiger partial charge in [0.1, 0.15) is 10.8 Å². The fraction of sp³-hybridized carbons (Fsp3) is 0.310. The number of nitro benzene ring substituents is 1. The van der Waals surface area contributed by atoms with Crippen LogP contribution in [-0.2, 0) is 19.4 Å². The number of nitro groups is 1. The van der Waals surface area contributed by atoms with E-state index in [-0.39, 0.29) is 17.0 Å². The van der Waals surface area contributed by atoms with E-state index in [1.54, 1.807) is 35.9 Å². The van der Waals surface area contributed by atoms with Crippen LogP contribution in [0.3, 0.4) is 0 Å². The van der Waals surface area contributed by atoms with E-state index in [4.69, 9.17) is 9.41 Å². The number of hydrogen-bond acceptors (Lipinski definition) is 6. The number of nitrogens with zero attached hydrogens (tertiary/aromatic N) is 3. The van der Waals surface area contributed by atoms with Gasteiger partial charge in [0.15, 0.2) is 0 Å². The number of carbonyl (C=O) groups excluding carboxylic acids is 1. The van der Waals surface area contributed by atoms with Gasteiger partial charge in [0.05, 0.1) is 40.9 Å². The molecule has 9 heteroatoms. The van der Waals surface area contributed by atoms with Gasteiger partial charge in [0.25, 0.3) is 11.6 Å². The van der Waals surface area contributed by atoms with E-state index in [9.17, 15) is 14.9 Å². The molecule has 1 atom stereocenters. The van der Waals surface area contributed by atoms with Crippen molar-refractivity contribution in [3.05, 3.63) is 98.6 Å². The molecule has 1 aliphatic rings. The van der Waals surface area contributed by atoms with Crippen molar-refractivity contribution in [2.24, 2.45) is 16.3 Å². The van der Waals surface area contributed by atoms with Crippen LogP contribution in [0.4, 0.5) is 10.7 Å². The van der Waals surface area contributed by atoms with E-state index in [2.05, 4.69) is 26.1 Å². The molecule has 1 N–H and O–H groups in total. The Labute approximate surface area is 225 Å². The molecular formula is C29H30N4O4S. The second kappa shape index (κ2) is 10.4. The van der Waals surface area contributed by atoms with Gasteiger partial charge < -0.3 is 14.3 Å². The summed E-state index contributed by atoms with van der Waals surface area (Å²) in [6.45, 7) is 7.12. The number of rotatable bonds is 7. The average Bonchev–Trinajstić information content (AvgIpc) is 3.65. The highest BCUT2D eigenvalue weighted by atomic mass is 32.1. The molecule has 0 spiro atoms.